The van der Waals surface area contributed by atoms with Crippen molar-refractivity contribution in [3.8, 4) is 0 Å². The van der Waals surface area contributed by atoms with Gasteiger partial charge in [-0.2, -0.15) is 0 Å². The van der Waals surface area contributed by atoms with Gasteiger partial charge in [-0.05, 0) is 39.3 Å². The summed E-state index contributed by atoms with van der Waals surface area (Å²) < 4.78 is 5.14. The van der Waals surface area contributed by atoms with Crippen molar-refractivity contribution in [3.05, 3.63) is 24.5 Å². The van der Waals surface area contributed by atoms with Crippen LogP contribution in [0.3, 0.4) is 0 Å². The maximum atomic E-state index is 11.9. The molecule has 0 aliphatic carbocycles. The fourth-order valence-electron chi connectivity index (χ4n) is 1.83. The smallest absolute Gasteiger partial charge is 0.407 e. The zero-order chi connectivity index (χ0) is 19.4. The number of hydrogen-bond acceptors (Lipinski definition) is 5. The number of ether oxygens (including phenoxy) is 1. The lowest BCUT2D eigenvalue weighted by Gasteiger charge is -2.19. The average molecular weight is 364 g/mol. The molecule has 0 saturated heterocycles. The fraction of sp³-hybridized carbons (Fsp3) is 0.529. The quantitative estimate of drug-likeness (QED) is 0.327. The van der Waals surface area contributed by atoms with Crippen LogP contribution in [-0.2, 0) is 9.53 Å². The normalized spacial score (nSPS) is 11.5. The Kier molecular flexibility index (Phi) is 8.90. The number of rotatable bonds is 7. The van der Waals surface area contributed by atoms with Crippen molar-refractivity contribution in [1.29, 1.82) is 0 Å². The second kappa shape index (κ2) is 10.9. The first-order valence-corrected chi connectivity index (χ1v) is 8.41. The summed E-state index contributed by atoms with van der Waals surface area (Å²) in [5.74, 6) is 0.302. The van der Waals surface area contributed by atoms with Gasteiger partial charge in [0.25, 0.3) is 0 Å². The number of pyridine rings is 1. The van der Waals surface area contributed by atoms with E-state index >= 15 is 0 Å². The van der Waals surface area contributed by atoms with E-state index in [0.717, 1.165) is 0 Å². The standard InChI is InChI=1S/C17H28N6O3/c1-17(2,3)26-16(25)21-10-6-9-20-15(18-4)22-12-14(24)23-13-7-5-8-19-11-13/h5,7-8,11H,6,9-10,12H2,1-4H3,(H,21,25)(H,23,24)(H2,18,20,22). The van der Waals surface area contributed by atoms with E-state index in [1.165, 1.54) is 0 Å². The lowest BCUT2D eigenvalue weighted by Crippen LogP contribution is -2.42. The molecule has 0 radical (unpaired) electrons. The second-order valence-corrected chi connectivity index (χ2v) is 6.42. The predicted octanol–water partition coefficient (Wildman–Crippen LogP) is 1.10. The van der Waals surface area contributed by atoms with Crippen molar-refractivity contribution in [1.82, 2.24) is 20.9 Å². The molecule has 0 aliphatic rings. The van der Waals surface area contributed by atoms with Gasteiger partial charge >= 0.3 is 6.09 Å². The number of guanidine groups is 1. The minimum atomic E-state index is -0.509. The molecule has 26 heavy (non-hydrogen) atoms. The summed E-state index contributed by atoms with van der Waals surface area (Å²) in [5, 5.41) is 11.4. The van der Waals surface area contributed by atoms with Crippen LogP contribution in [0.4, 0.5) is 10.5 Å². The molecule has 4 N–H and O–H groups in total. The van der Waals surface area contributed by atoms with E-state index in [0.29, 0.717) is 31.2 Å². The summed E-state index contributed by atoms with van der Waals surface area (Å²) in [5.41, 5.74) is 0.125. The molecule has 0 fully saturated rings. The number of aliphatic imine (C=N–C) groups is 1. The Balaban J connectivity index is 2.17. The van der Waals surface area contributed by atoms with E-state index in [9.17, 15) is 9.59 Å². The molecule has 1 aromatic rings. The minimum Gasteiger partial charge on any atom is -0.444 e. The first-order chi connectivity index (χ1) is 12.3. The molecular weight excluding hydrogens is 336 g/mol. The molecule has 0 bridgehead atoms. The number of amides is 2. The molecular formula is C17H28N6O3. The van der Waals surface area contributed by atoms with Crippen LogP contribution < -0.4 is 21.3 Å². The van der Waals surface area contributed by atoms with E-state index in [4.69, 9.17) is 4.74 Å². The van der Waals surface area contributed by atoms with Crippen LogP contribution >= 0.6 is 0 Å². The lowest BCUT2D eigenvalue weighted by atomic mass is 10.2. The molecule has 0 spiro atoms. The number of nitrogens with one attached hydrogen (secondary N) is 4. The molecule has 1 aromatic heterocycles. The van der Waals surface area contributed by atoms with Crippen LogP contribution in [0, 0.1) is 0 Å². The highest BCUT2D eigenvalue weighted by molar-refractivity contribution is 5.94. The Morgan fingerprint density at radius 3 is 2.54 bits per heavy atom. The monoisotopic (exact) mass is 364 g/mol. The third-order valence-electron chi connectivity index (χ3n) is 2.90. The Morgan fingerprint density at radius 1 is 1.19 bits per heavy atom. The fourth-order valence-corrected chi connectivity index (χ4v) is 1.83. The predicted molar refractivity (Wildman–Crippen MR) is 101 cm³/mol. The van der Waals surface area contributed by atoms with Gasteiger partial charge in [-0.3, -0.25) is 14.8 Å². The average Bonchev–Trinajstić information content (AvgIpc) is 2.56. The van der Waals surface area contributed by atoms with Gasteiger partial charge in [0.2, 0.25) is 5.91 Å². The zero-order valence-electron chi connectivity index (χ0n) is 15.8. The summed E-state index contributed by atoms with van der Waals surface area (Å²) in [6, 6.07) is 3.50. The highest BCUT2D eigenvalue weighted by Gasteiger charge is 2.15. The van der Waals surface area contributed by atoms with Crippen LogP contribution in [0.25, 0.3) is 0 Å². The van der Waals surface area contributed by atoms with Crippen LogP contribution in [0.1, 0.15) is 27.2 Å². The van der Waals surface area contributed by atoms with Crippen LogP contribution in [0.5, 0.6) is 0 Å². The van der Waals surface area contributed by atoms with E-state index in [1.54, 1.807) is 31.6 Å². The van der Waals surface area contributed by atoms with Gasteiger partial charge in [0.05, 0.1) is 18.4 Å². The first kappa shape index (κ1) is 21.2. The SMILES string of the molecule is CN=C(NCCCNC(=O)OC(C)(C)C)NCC(=O)Nc1cccnc1. The highest BCUT2D eigenvalue weighted by atomic mass is 16.6. The van der Waals surface area contributed by atoms with Crippen LogP contribution in [-0.4, -0.2) is 55.2 Å². The van der Waals surface area contributed by atoms with E-state index in [-0.39, 0.29) is 12.5 Å². The number of carbonyl (C=O) groups excluding carboxylic acids is 2. The van der Waals surface area contributed by atoms with Gasteiger partial charge in [-0.1, -0.05) is 0 Å². The van der Waals surface area contributed by atoms with Crippen molar-refractivity contribution >= 4 is 23.6 Å². The van der Waals surface area contributed by atoms with Gasteiger partial charge in [0.1, 0.15) is 5.60 Å². The van der Waals surface area contributed by atoms with Gasteiger partial charge in [0, 0.05) is 26.3 Å². The van der Waals surface area contributed by atoms with Gasteiger partial charge in [0.15, 0.2) is 5.96 Å². The first-order valence-electron chi connectivity index (χ1n) is 8.41. The Hall–Kier alpha value is -2.84. The zero-order valence-corrected chi connectivity index (χ0v) is 15.8. The third kappa shape index (κ3) is 10.1. The van der Waals surface area contributed by atoms with Crippen molar-refractivity contribution in [2.24, 2.45) is 4.99 Å². The molecule has 1 heterocycles. The van der Waals surface area contributed by atoms with Crippen LogP contribution in [0.2, 0.25) is 0 Å². The van der Waals surface area contributed by atoms with Crippen molar-refractivity contribution in [3.63, 3.8) is 0 Å². The van der Waals surface area contributed by atoms with Crippen molar-refractivity contribution in [2.75, 3.05) is 32.0 Å². The number of aromatic nitrogens is 1. The van der Waals surface area contributed by atoms with E-state index in [1.807, 2.05) is 20.8 Å². The van der Waals surface area contributed by atoms with E-state index in [2.05, 4.69) is 31.2 Å². The third-order valence-corrected chi connectivity index (χ3v) is 2.90. The molecule has 1 rings (SSSR count). The molecule has 144 valence electrons. The molecule has 0 saturated carbocycles. The molecule has 2 amide bonds. The summed E-state index contributed by atoms with van der Waals surface area (Å²) in [4.78, 5) is 31.3. The van der Waals surface area contributed by atoms with Crippen molar-refractivity contribution < 1.29 is 14.3 Å². The molecule has 0 aliphatic heterocycles. The molecule has 0 aromatic carbocycles. The number of carbonyl (C=O) groups is 2. The van der Waals surface area contributed by atoms with Gasteiger partial charge < -0.3 is 26.0 Å². The summed E-state index contributed by atoms with van der Waals surface area (Å²) in [7, 11) is 1.62. The Bertz CT molecular complexity index is 598. The lowest BCUT2D eigenvalue weighted by molar-refractivity contribution is -0.115. The number of hydrogen-bond donors (Lipinski definition) is 4. The number of alkyl carbamates (subject to hydrolysis) is 1. The molecule has 9 nitrogen and oxygen atoms in total. The summed E-state index contributed by atoms with van der Waals surface area (Å²) in [6.07, 6.45) is 3.45. The Morgan fingerprint density at radius 2 is 1.92 bits per heavy atom. The van der Waals surface area contributed by atoms with Gasteiger partial charge in [-0.25, -0.2) is 4.79 Å². The summed E-state index contributed by atoms with van der Waals surface area (Å²) in [6.45, 7) is 6.57. The largest absolute Gasteiger partial charge is 0.444 e. The van der Waals surface area contributed by atoms with Crippen LogP contribution in [0.15, 0.2) is 29.5 Å². The topological polar surface area (TPSA) is 117 Å². The molecule has 0 unspecified atom stereocenters. The van der Waals surface area contributed by atoms with Crippen molar-refractivity contribution in [2.45, 2.75) is 32.8 Å². The van der Waals surface area contributed by atoms with Gasteiger partial charge in [-0.15, -0.1) is 0 Å². The molecule has 9 heteroatoms. The minimum absolute atomic E-state index is 0.0741. The maximum Gasteiger partial charge on any atom is 0.407 e. The second-order valence-electron chi connectivity index (χ2n) is 6.42. The maximum absolute atomic E-state index is 11.9. The summed E-state index contributed by atoms with van der Waals surface area (Å²) >= 11 is 0. The highest BCUT2D eigenvalue weighted by Crippen LogP contribution is 2.06. The number of nitrogens with zero attached hydrogens (tertiary/aromatic N) is 2. The van der Waals surface area contributed by atoms with E-state index < -0.39 is 11.7 Å². The molecule has 0 atom stereocenters. The number of anilines is 1. The Labute approximate surface area is 154 Å².